The van der Waals surface area contributed by atoms with Crippen LogP contribution in [-0.4, -0.2) is 52.8 Å². The van der Waals surface area contributed by atoms with Gasteiger partial charge in [0.2, 0.25) is 0 Å². The van der Waals surface area contributed by atoms with E-state index in [2.05, 4.69) is 46.7 Å². The molecule has 6 nitrogen and oxygen atoms in total. The van der Waals surface area contributed by atoms with E-state index in [1.807, 2.05) is 6.20 Å². The minimum atomic E-state index is 0. The highest BCUT2D eigenvalue weighted by Crippen LogP contribution is 2.26. The molecule has 2 heterocycles. The summed E-state index contributed by atoms with van der Waals surface area (Å²) in [5.74, 6) is 3.47. The van der Waals surface area contributed by atoms with Crippen molar-refractivity contribution in [3.63, 3.8) is 0 Å². The second-order valence-electron chi connectivity index (χ2n) is 8.73. The van der Waals surface area contributed by atoms with Gasteiger partial charge in [-0.05, 0) is 44.4 Å². The molecule has 1 aromatic heterocycles. The Kier molecular flexibility index (Phi) is 10.8. The molecule has 1 aliphatic carbocycles. The maximum atomic E-state index is 6.23. The average Bonchev–Trinajstić information content (AvgIpc) is 3.35. The normalized spacial score (nSPS) is 19.0. The molecule has 0 aromatic carbocycles. The molecule has 1 aliphatic heterocycles. The SMILES string of the molecule is CCNC(=NCc1nccn1CC(C)C)N1CCC(OCC2CCCC2)CC1.I. The predicted molar refractivity (Wildman–Crippen MR) is 130 cm³/mol. The Morgan fingerprint density at radius 3 is 2.62 bits per heavy atom. The first kappa shape index (κ1) is 24.4. The number of aromatic nitrogens is 2. The zero-order chi connectivity index (χ0) is 19.8. The molecular formula is C22H40IN5O. The number of ether oxygens (including phenoxy) is 1. The number of rotatable bonds is 8. The number of hydrogen-bond donors (Lipinski definition) is 1. The van der Waals surface area contributed by atoms with Gasteiger partial charge in [-0.2, -0.15) is 0 Å². The van der Waals surface area contributed by atoms with Gasteiger partial charge in [-0.1, -0.05) is 26.7 Å². The summed E-state index contributed by atoms with van der Waals surface area (Å²) in [5.41, 5.74) is 0. The number of aliphatic imine (C=N–C) groups is 1. The van der Waals surface area contributed by atoms with E-state index in [9.17, 15) is 0 Å². The smallest absolute Gasteiger partial charge is 0.194 e. The van der Waals surface area contributed by atoms with Crippen LogP contribution in [0.15, 0.2) is 17.4 Å². The summed E-state index contributed by atoms with van der Waals surface area (Å²) in [7, 11) is 0. The molecule has 1 saturated heterocycles. The Labute approximate surface area is 193 Å². The topological polar surface area (TPSA) is 54.7 Å². The van der Waals surface area contributed by atoms with Gasteiger partial charge in [0.25, 0.3) is 0 Å². The Bertz CT molecular complexity index is 604. The van der Waals surface area contributed by atoms with E-state index >= 15 is 0 Å². The Balaban J connectivity index is 0.00000300. The Morgan fingerprint density at radius 1 is 1.24 bits per heavy atom. The maximum Gasteiger partial charge on any atom is 0.194 e. The van der Waals surface area contributed by atoms with Crippen LogP contribution in [0.5, 0.6) is 0 Å². The van der Waals surface area contributed by atoms with Gasteiger partial charge < -0.3 is 19.5 Å². The minimum absolute atomic E-state index is 0. The van der Waals surface area contributed by atoms with Crippen LogP contribution in [0.2, 0.25) is 0 Å². The number of halogens is 1. The monoisotopic (exact) mass is 517 g/mol. The van der Waals surface area contributed by atoms with E-state index < -0.39 is 0 Å². The fraction of sp³-hybridized carbons (Fsp3) is 0.818. The molecule has 1 aromatic rings. The van der Waals surface area contributed by atoms with E-state index in [-0.39, 0.29) is 24.0 Å². The summed E-state index contributed by atoms with van der Waals surface area (Å²) in [6.45, 7) is 12.1. The molecule has 0 spiro atoms. The highest BCUT2D eigenvalue weighted by atomic mass is 127. The lowest BCUT2D eigenvalue weighted by atomic mass is 10.1. The van der Waals surface area contributed by atoms with Crippen molar-refractivity contribution >= 4 is 29.9 Å². The van der Waals surface area contributed by atoms with Gasteiger partial charge in [-0.25, -0.2) is 9.98 Å². The van der Waals surface area contributed by atoms with E-state index in [4.69, 9.17) is 9.73 Å². The van der Waals surface area contributed by atoms with Crippen LogP contribution >= 0.6 is 24.0 Å². The number of likely N-dealkylation sites (tertiary alicyclic amines) is 1. The van der Waals surface area contributed by atoms with Crippen molar-refractivity contribution < 1.29 is 4.74 Å². The molecule has 1 N–H and O–H groups in total. The lowest BCUT2D eigenvalue weighted by Gasteiger charge is -2.34. The minimum Gasteiger partial charge on any atom is -0.378 e. The number of piperidine rings is 1. The molecule has 29 heavy (non-hydrogen) atoms. The van der Waals surface area contributed by atoms with Gasteiger partial charge in [-0.3, -0.25) is 0 Å². The van der Waals surface area contributed by atoms with Crippen LogP contribution in [0.3, 0.4) is 0 Å². The standard InChI is InChI=1S/C22H39N5O.HI/c1-4-23-22(25-15-21-24-11-14-27(21)16-18(2)3)26-12-9-20(10-13-26)28-17-19-7-5-6-8-19;/h11,14,18-20H,4-10,12-13,15-17H2,1-3H3,(H,23,25);1H. The quantitative estimate of drug-likeness (QED) is 0.318. The largest absolute Gasteiger partial charge is 0.378 e. The van der Waals surface area contributed by atoms with Gasteiger partial charge in [0.15, 0.2) is 5.96 Å². The third kappa shape index (κ3) is 7.74. The summed E-state index contributed by atoms with van der Waals surface area (Å²) >= 11 is 0. The molecular weight excluding hydrogens is 477 g/mol. The third-order valence-electron chi connectivity index (χ3n) is 5.85. The molecule has 166 valence electrons. The fourth-order valence-electron chi connectivity index (χ4n) is 4.31. The van der Waals surface area contributed by atoms with Crippen LogP contribution < -0.4 is 5.32 Å². The first-order chi connectivity index (χ1) is 13.7. The van der Waals surface area contributed by atoms with E-state index in [0.717, 1.165) is 63.3 Å². The van der Waals surface area contributed by atoms with Crippen LogP contribution in [0.25, 0.3) is 0 Å². The number of imidazole rings is 1. The second-order valence-corrected chi connectivity index (χ2v) is 8.73. The van der Waals surface area contributed by atoms with Crippen LogP contribution in [-0.2, 0) is 17.8 Å². The second kappa shape index (κ2) is 12.8. The highest BCUT2D eigenvalue weighted by molar-refractivity contribution is 14.0. The number of hydrogen-bond acceptors (Lipinski definition) is 3. The number of nitrogens with one attached hydrogen (secondary N) is 1. The van der Waals surface area contributed by atoms with Crippen molar-refractivity contribution in [2.75, 3.05) is 26.2 Å². The lowest BCUT2D eigenvalue weighted by Crippen LogP contribution is -2.47. The summed E-state index contributed by atoms with van der Waals surface area (Å²) in [6.07, 6.45) is 12.1. The molecule has 2 aliphatic rings. The van der Waals surface area contributed by atoms with Crippen molar-refractivity contribution in [3.05, 3.63) is 18.2 Å². The summed E-state index contributed by atoms with van der Waals surface area (Å²) in [5, 5.41) is 3.46. The molecule has 1 saturated carbocycles. The maximum absolute atomic E-state index is 6.23. The number of nitrogens with zero attached hydrogens (tertiary/aromatic N) is 4. The number of guanidine groups is 1. The molecule has 3 rings (SSSR count). The van der Waals surface area contributed by atoms with E-state index in [1.54, 1.807) is 0 Å². The molecule has 2 fully saturated rings. The molecule has 0 atom stereocenters. The predicted octanol–water partition coefficient (Wildman–Crippen LogP) is 4.29. The van der Waals surface area contributed by atoms with Crippen LogP contribution in [0.4, 0.5) is 0 Å². The Hall–Kier alpha value is -0.830. The van der Waals surface area contributed by atoms with E-state index in [0.29, 0.717) is 18.6 Å². The van der Waals surface area contributed by atoms with Crippen molar-refractivity contribution in [2.45, 2.75) is 78.5 Å². The van der Waals surface area contributed by atoms with Gasteiger partial charge in [0.1, 0.15) is 12.4 Å². The third-order valence-corrected chi connectivity index (χ3v) is 5.85. The Morgan fingerprint density at radius 2 is 1.97 bits per heavy atom. The summed E-state index contributed by atoms with van der Waals surface area (Å²) < 4.78 is 8.45. The van der Waals surface area contributed by atoms with Crippen molar-refractivity contribution in [1.82, 2.24) is 19.8 Å². The highest BCUT2D eigenvalue weighted by Gasteiger charge is 2.24. The van der Waals surface area contributed by atoms with Crippen molar-refractivity contribution in [2.24, 2.45) is 16.8 Å². The lowest BCUT2D eigenvalue weighted by molar-refractivity contribution is 0.00101. The zero-order valence-electron chi connectivity index (χ0n) is 18.5. The zero-order valence-corrected chi connectivity index (χ0v) is 20.8. The van der Waals surface area contributed by atoms with Crippen LogP contribution in [0.1, 0.15) is 65.1 Å². The first-order valence-corrected chi connectivity index (χ1v) is 11.3. The van der Waals surface area contributed by atoms with Crippen molar-refractivity contribution in [1.29, 1.82) is 0 Å². The van der Waals surface area contributed by atoms with Gasteiger partial charge in [0.05, 0.1) is 6.10 Å². The van der Waals surface area contributed by atoms with Gasteiger partial charge in [-0.15, -0.1) is 24.0 Å². The van der Waals surface area contributed by atoms with E-state index in [1.165, 1.54) is 25.7 Å². The van der Waals surface area contributed by atoms with Crippen LogP contribution in [0, 0.1) is 11.8 Å². The van der Waals surface area contributed by atoms with Gasteiger partial charge in [0, 0.05) is 45.2 Å². The average molecular weight is 518 g/mol. The fourth-order valence-corrected chi connectivity index (χ4v) is 4.31. The van der Waals surface area contributed by atoms with Crippen molar-refractivity contribution in [3.8, 4) is 0 Å². The first-order valence-electron chi connectivity index (χ1n) is 11.3. The van der Waals surface area contributed by atoms with Gasteiger partial charge >= 0.3 is 0 Å². The molecule has 0 bridgehead atoms. The molecule has 0 radical (unpaired) electrons. The molecule has 0 amide bonds. The summed E-state index contributed by atoms with van der Waals surface area (Å²) in [6, 6.07) is 0. The summed E-state index contributed by atoms with van der Waals surface area (Å²) in [4.78, 5) is 11.8. The molecule has 0 unspecified atom stereocenters. The molecule has 7 heteroatoms.